The molecule has 60 valence electrons. The van der Waals surface area contributed by atoms with Gasteiger partial charge in [0, 0.05) is 0 Å². The van der Waals surface area contributed by atoms with E-state index in [1.54, 1.807) is 0 Å². The Kier molecular flexibility index (Phi) is 2.46. The average molecular weight is 174 g/mol. The first-order valence-corrected chi connectivity index (χ1v) is 3.82. The molecular formula is C5H4NO4S-. The van der Waals surface area contributed by atoms with Gasteiger partial charge in [-0.3, -0.25) is 4.21 Å². The van der Waals surface area contributed by atoms with Crippen LogP contribution in [0, 0.1) is 11.3 Å². The summed E-state index contributed by atoms with van der Waals surface area (Å²) < 4.78 is 30.0. The van der Waals surface area contributed by atoms with Crippen LogP contribution in [0.1, 0.15) is 0 Å². The van der Waals surface area contributed by atoms with E-state index in [9.17, 15) is 8.76 Å². The van der Waals surface area contributed by atoms with Gasteiger partial charge in [-0.2, -0.15) is 5.26 Å². The van der Waals surface area contributed by atoms with Crippen molar-refractivity contribution < 1.29 is 18.2 Å². The maximum absolute atomic E-state index is 10.3. The normalized spacial score (nSPS) is 18.0. The van der Waals surface area contributed by atoms with E-state index in [4.69, 9.17) is 14.7 Å². The summed E-state index contributed by atoms with van der Waals surface area (Å²) in [6, 6.07) is 1.46. The topological polar surface area (TPSA) is 82.4 Å². The summed E-state index contributed by atoms with van der Waals surface area (Å²) in [7, 11) is 0. The molecule has 0 amide bonds. The van der Waals surface area contributed by atoms with Crippen molar-refractivity contribution in [3.8, 4) is 6.07 Å². The Labute approximate surface area is 65.5 Å². The molecule has 1 aliphatic rings. The van der Waals surface area contributed by atoms with Crippen molar-refractivity contribution >= 4 is 11.1 Å². The lowest BCUT2D eigenvalue weighted by atomic mass is 10.6. The summed E-state index contributed by atoms with van der Waals surface area (Å²) in [6.07, 6.45) is 0. The Bertz CT molecular complexity index is 246. The maximum Gasteiger partial charge on any atom is 0.306 e. The number of nitriles is 1. The molecule has 0 saturated carbocycles. The lowest BCUT2D eigenvalue weighted by Crippen LogP contribution is -1.97. The van der Waals surface area contributed by atoms with Crippen molar-refractivity contribution in [1.29, 1.82) is 5.26 Å². The van der Waals surface area contributed by atoms with Crippen LogP contribution < -0.4 is 0 Å². The molecule has 1 atom stereocenters. The fraction of sp³-hybridized carbons (Fsp3) is 0.400. The minimum absolute atomic E-state index is 0.194. The SMILES string of the molecule is N#CC(=C1OCCO1)S(=O)[O-]. The molecule has 0 aliphatic carbocycles. The van der Waals surface area contributed by atoms with E-state index in [1.165, 1.54) is 6.07 Å². The second-order valence-electron chi connectivity index (χ2n) is 1.66. The summed E-state index contributed by atoms with van der Waals surface area (Å²) in [5.74, 6) is -0.194. The highest BCUT2D eigenvalue weighted by molar-refractivity contribution is 7.83. The van der Waals surface area contributed by atoms with Gasteiger partial charge < -0.3 is 14.0 Å². The van der Waals surface area contributed by atoms with Gasteiger partial charge in [-0.15, -0.1) is 0 Å². The molecule has 1 fully saturated rings. The van der Waals surface area contributed by atoms with Gasteiger partial charge in [0.15, 0.2) is 4.91 Å². The van der Waals surface area contributed by atoms with Crippen LogP contribution in [0.4, 0.5) is 0 Å². The molecule has 0 aromatic heterocycles. The van der Waals surface area contributed by atoms with Gasteiger partial charge >= 0.3 is 5.95 Å². The highest BCUT2D eigenvalue weighted by atomic mass is 32.2. The van der Waals surface area contributed by atoms with Gasteiger partial charge in [-0.05, 0) is 11.1 Å². The summed E-state index contributed by atoms with van der Waals surface area (Å²) in [4.78, 5) is -0.484. The van der Waals surface area contributed by atoms with Crippen LogP contribution in [0.3, 0.4) is 0 Å². The zero-order valence-electron chi connectivity index (χ0n) is 5.40. The maximum atomic E-state index is 10.3. The van der Waals surface area contributed by atoms with Crippen molar-refractivity contribution in [3.05, 3.63) is 10.9 Å². The zero-order valence-corrected chi connectivity index (χ0v) is 6.22. The van der Waals surface area contributed by atoms with Crippen molar-refractivity contribution in [2.45, 2.75) is 0 Å². The van der Waals surface area contributed by atoms with Crippen molar-refractivity contribution in [1.82, 2.24) is 0 Å². The summed E-state index contributed by atoms with van der Waals surface area (Å²) in [5, 5.41) is 8.30. The smallest absolute Gasteiger partial charge is 0.306 e. The standard InChI is InChI=1S/C5H5NO4S/c6-3-4(11(7)8)5-9-1-2-10-5/h1-2H2,(H,7,8)/p-1. The minimum atomic E-state index is -2.57. The summed E-state index contributed by atoms with van der Waals surface area (Å²) >= 11 is -2.57. The van der Waals surface area contributed by atoms with E-state index >= 15 is 0 Å². The fourth-order valence-corrected chi connectivity index (χ4v) is 0.921. The highest BCUT2D eigenvalue weighted by Gasteiger charge is 2.15. The molecule has 6 heteroatoms. The predicted molar refractivity (Wildman–Crippen MR) is 33.5 cm³/mol. The first-order chi connectivity index (χ1) is 5.25. The number of hydrogen-bond acceptors (Lipinski definition) is 5. The third-order valence-electron chi connectivity index (χ3n) is 1.00. The van der Waals surface area contributed by atoms with E-state index < -0.39 is 16.0 Å². The lowest BCUT2D eigenvalue weighted by molar-refractivity contribution is 0.174. The van der Waals surface area contributed by atoms with Crippen molar-refractivity contribution in [2.24, 2.45) is 0 Å². The Morgan fingerprint density at radius 1 is 1.64 bits per heavy atom. The van der Waals surface area contributed by atoms with E-state index in [1.807, 2.05) is 0 Å². The second kappa shape index (κ2) is 3.37. The largest absolute Gasteiger partial charge is 0.768 e. The molecule has 0 aromatic carbocycles. The molecule has 1 rings (SSSR count). The van der Waals surface area contributed by atoms with Crippen LogP contribution in [0.25, 0.3) is 0 Å². The first-order valence-electron chi connectivity index (χ1n) is 2.75. The fourth-order valence-electron chi connectivity index (χ4n) is 0.592. The number of ether oxygens (including phenoxy) is 2. The first kappa shape index (κ1) is 8.04. The van der Waals surface area contributed by atoms with E-state index in [0.29, 0.717) is 0 Å². The molecule has 0 aromatic rings. The Morgan fingerprint density at radius 2 is 2.18 bits per heavy atom. The van der Waals surface area contributed by atoms with Crippen molar-refractivity contribution in [2.75, 3.05) is 13.2 Å². The number of nitrogens with zero attached hydrogens (tertiary/aromatic N) is 1. The van der Waals surface area contributed by atoms with Gasteiger partial charge in [0.25, 0.3) is 0 Å². The van der Waals surface area contributed by atoms with E-state index in [-0.39, 0.29) is 19.2 Å². The Hall–Kier alpha value is -1.06. The average Bonchev–Trinajstić information content (AvgIpc) is 2.40. The van der Waals surface area contributed by atoms with Crippen molar-refractivity contribution in [3.63, 3.8) is 0 Å². The third-order valence-corrected chi connectivity index (χ3v) is 1.59. The quantitative estimate of drug-likeness (QED) is 0.399. The number of allylic oxidation sites excluding steroid dienone is 1. The van der Waals surface area contributed by atoms with Crippen LogP contribution in [-0.4, -0.2) is 22.0 Å². The highest BCUT2D eigenvalue weighted by Crippen LogP contribution is 2.14. The molecule has 0 radical (unpaired) electrons. The van der Waals surface area contributed by atoms with Gasteiger partial charge in [0.05, 0.1) is 0 Å². The number of rotatable bonds is 1. The monoisotopic (exact) mass is 174 g/mol. The Balaban J connectivity index is 2.90. The molecule has 0 spiro atoms. The molecule has 1 unspecified atom stereocenters. The summed E-state index contributed by atoms with van der Waals surface area (Å²) in [5.41, 5.74) is 0. The van der Waals surface area contributed by atoms with Crippen LogP contribution >= 0.6 is 0 Å². The molecule has 1 heterocycles. The molecular weight excluding hydrogens is 170 g/mol. The third kappa shape index (κ3) is 1.69. The zero-order chi connectivity index (χ0) is 8.27. The van der Waals surface area contributed by atoms with Crippen LogP contribution in [0.15, 0.2) is 10.9 Å². The molecule has 11 heavy (non-hydrogen) atoms. The number of hydrogen-bond donors (Lipinski definition) is 0. The molecule has 0 N–H and O–H groups in total. The van der Waals surface area contributed by atoms with Gasteiger partial charge in [-0.25, -0.2) is 0 Å². The van der Waals surface area contributed by atoms with Gasteiger partial charge in [-0.1, -0.05) is 0 Å². The minimum Gasteiger partial charge on any atom is -0.768 e. The Morgan fingerprint density at radius 3 is 2.55 bits per heavy atom. The van der Waals surface area contributed by atoms with Crippen LogP contribution in [0.2, 0.25) is 0 Å². The molecule has 0 bridgehead atoms. The second-order valence-corrected chi connectivity index (χ2v) is 2.54. The predicted octanol–water partition coefficient (Wildman–Crippen LogP) is -0.395. The molecule has 1 aliphatic heterocycles. The van der Waals surface area contributed by atoms with E-state index in [2.05, 4.69) is 0 Å². The van der Waals surface area contributed by atoms with Crippen LogP contribution in [0.5, 0.6) is 0 Å². The van der Waals surface area contributed by atoms with E-state index in [0.717, 1.165) is 0 Å². The van der Waals surface area contributed by atoms with Crippen LogP contribution in [-0.2, 0) is 20.6 Å². The molecule has 5 nitrogen and oxygen atoms in total. The molecule has 1 saturated heterocycles. The lowest BCUT2D eigenvalue weighted by Gasteiger charge is -2.03. The summed E-state index contributed by atoms with van der Waals surface area (Å²) in [6.45, 7) is 0.579. The van der Waals surface area contributed by atoms with Gasteiger partial charge in [0.2, 0.25) is 0 Å². The van der Waals surface area contributed by atoms with Gasteiger partial charge in [0.1, 0.15) is 19.3 Å².